The van der Waals surface area contributed by atoms with Crippen LogP contribution in [0, 0.1) is 12.0 Å². The van der Waals surface area contributed by atoms with Crippen molar-refractivity contribution in [3.63, 3.8) is 0 Å². The summed E-state index contributed by atoms with van der Waals surface area (Å²) >= 11 is 0. The second kappa shape index (κ2) is 7.72. The normalized spacial score (nSPS) is 15.5. The van der Waals surface area contributed by atoms with Gasteiger partial charge in [0, 0.05) is 37.1 Å². The largest absolute Gasteiger partial charge is 0.416 e. The fraction of sp³-hybridized carbons (Fsp3) is 0.286. The third kappa shape index (κ3) is 4.11. The Balaban J connectivity index is 1.49. The predicted octanol–water partition coefficient (Wildman–Crippen LogP) is 5.11. The van der Waals surface area contributed by atoms with Crippen molar-refractivity contribution in [2.24, 2.45) is 0 Å². The molecule has 0 atom stereocenters. The Morgan fingerprint density at radius 1 is 0.875 bits per heavy atom. The molecule has 0 aliphatic carbocycles. The van der Waals surface area contributed by atoms with Crippen molar-refractivity contribution in [1.82, 2.24) is 9.88 Å². The van der Waals surface area contributed by atoms with Gasteiger partial charge in [-0.05, 0) is 36.4 Å². The molecule has 0 saturated carbocycles. The highest BCUT2D eigenvalue weighted by Crippen LogP contribution is 2.35. The molecule has 1 amide bonds. The Morgan fingerprint density at radius 3 is 2.06 bits per heavy atom. The molecule has 169 valence electrons. The van der Waals surface area contributed by atoms with Crippen LogP contribution in [0.5, 0.6) is 0 Å². The molecular formula is C21H15F7N3O. The van der Waals surface area contributed by atoms with E-state index in [9.17, 15) is 35.5 Å². The van der Waals surface area contributed by atoms with Crippen LogP contribution in [-0.4, -0.2) is 42.0 Å². The average molecular weight is 458 g/mol. The molecule has 0 bridgehead atoms. The lowest BCUT2D eigenvalue weighted by atomic mass is 10.1. The highest BCUT2D eigenvalue weighted by atomic mass is 19.4. The summed E-state index contributed by atoms with van der Waals surface area (Å²) in [4.78, 5) is 18.4. The van der Waals surface area contributed by atoms with Crippen LogP contribution in [-0.2, 0) is 12.4 Å². The van der Waals surface area contributed by atoms with Crippen LogP contribution in [0.4, 0.5) is 36.4 Å². The predicted molar refractivity (Wildman–Crippen MR) is 102 cm³/mol. The Bertz CT molecular complexity index is 1160. The highest BCUT2D eigenvalue weighted by Gasteiger charge is 2.33. The van der Waals surface area contributed by atoms with Gasteiger partial charge >= 0.3 is 12.4 Å². The number of nitrogens with zero attached hydrogens (tertiary/aromatic N) is 2. The van der Waals surface area contributed by atoms with Gasteiger partial charge in [0.1, 0.15) is 5.82 Å². The molecule has 32 heavy (non-hydrogen) atoms. The first kappa shape index (κ1) is 22.0. The van der Waals surface area contributed by atoms with Crippen molar-refractivity contribution >= 4 is 22.5 Å². The summed E-state index contributed by atoms with van der Waals surface area (Å²) in [5.74, 6) is -2.02. The van der Waals surface area contributed by atoms with Crippen molar-refractivity contribution in [2.45, 2.75) is 12.4 Å². The fourth-order valence-corrected chi connectivity index (χ4v) is 3.64. The molecule has 1 aliphatic heterocycles. The maximum absolute atomic E-state index is 14.1. The number of aromatic amines is 1. The van der Waals surface area contributed by atoms with Gasteiger partial charge in [0.05, 0.1) is 28.6 Å². The zero-order chi connectivity index (χ0) is 23.3. The van der Waals surface area contributed by atoms with Gasteiger partial charge in [-0.1, -0.05) is 0 Å². The minimum Gasteiger partial charge on any atom is -0.366 e. The minimum atomic E-state index is -4.73. The third-order valence-corrected chi connectivity index (χ3v) is 5.33. The number of alkyl halides is 6. The maximum Gasteiger partial charge on any atom is 0.416 e. The number of nitrogens with one attached hydrogen (secondary N) is 1. The zero-order valence-corrected chi connectivity index (χ0v) is 16.2. The third-order valence-electron chi connectivity index (χ3n) is 5.33. The number of aromatic nitrogens is 1. The van der Waals surface area contributed by atoms with Crippen LogP contribution in [0.3, 0.4) is 0 Å². The molecular weight excluding hydrogens is 443 g/mol. The summed E-state index contributed by atoms with van der Waals surface area (Å²) in [6.45, 7) is 0.679. The molecule has 1 saturated heterocycles. The van der Waals surface area contributed by atoms with Crippen molar-refractivity contribution in [1.29, 1.82) is 0 Å². The van der Waals surface area contributed by atoms with Gasteiger partial charge in [0.2, 0.25) is 0 Å². The number of amides is 1. The van der Waals surface area contributed by atoms with E-state index in [-0.39, 0.29) is 32.2 Å². The quantitative estimate of drug-likeness (QED) is 0.543. The van der Waals surface area contributed by atoms with Crippen LogP contribution >= 0.6 is 0 Å². The number of halogens is 7. The van der Waals surface area contributed by atoms with Crippen molar-refractivity contribution in [3.8, 4) is 0 Å². The Hall–Kier alpha value is -3.24. The van der Waals surface area contributed by atoms with Crippen molar-refractivity contribution < 1.29 is 35.5 Å². The molecule has 1 aromatic heterocycles. The standard InChI is InChI=1S/C21H15F7N3O/c22-16-10-13(21(26,27)28)1-3-14(16)19(32)31-7-5-30(6-8-31)18-11-29-17-4-2-12(9-15(17)18)20(23,24)25/h1-4,9-10,29H,5-8H2. The average Bonchev–Trinajstić information content (AvgIpc) is 3.15. The van der Waals surface area contributed by atoms with E-state index in [0.29, 0.717) is 22.7 Å². The summed E-state index contributed by atoms with van der Waals surface area (Å²) in [5, 5.41) is 0.327. The Labute approximate surface area is 177 Å². The molecule has 1 aliphatic rings. The van der Waals surface area contributed by atoms with E-state index in [1.165, 1.54) is 11.0 Å². The van der Waals surface area contributed by atoms with E-state index in [1.54, 1.807) is 4.90 Å². The van der Waals surface area contributed by atoms with E-state index >= 15 is 0 Å². The van der Waals surface area contributed by atoms with Crippen LogP contribution in [0.1, 0.15) is 21.5 Å². The molecule has 4 nitrogen and oxygen atoms in total. The molecule has 1 fully saturated rings. The SMILES string of the molecule is O=C(c1ccc(C(F)(F)F)cc1F)N1CCN(c2[c][nH]c3ccc(C(F)(F)F)cc23)CC1. The topological polar surface area (TPSA) is 39.3 Å². The number of rotatable bonds is 2. The smallest absolute Gasteiger partial charge is 0.366 e. The second-order valence-electron chi connectivity index (χ2n) is 7.33. The summed E-state index contributed by atoms with van der Waals surface area (Å²) in [6.07, 6.45) is -6.40. The van der Waals surface area contributed by atoms with Crippen molar-refractivity contribution in [2.75, 3.05) is 31.1 Å². The van der Waals surface area contributed by atoms with Crippen LogP contribution in [0.2, 0.25) is 0 Å². The molecule has 4 rings (SSSR count). The summed E-state index contributed by atoms with van der Waals surface area (Å²) < 4.78 is 91.4. The van der Waals surface area contributed by atoms with E-state index in [1.807, 2.05) is 0 Å². The Morgan fingerprint density at radius 2 is 1.47 bits per heavy atom. The number of hydrogen-bond donors (Lipinski definition) is 1. The number of anilines is 1. The number of benzene rings is 2. The monoisotopic (exact) mass is 458 g/mol. The Kier molecular flexibility index (Phi) is 5.30. The molecule has 3 aromatic rings. The summed E-state index contributed by atoms with van der Waals surface area (Å²) in [7, 11) is 0. The van der Waals surface area contributed by atoms with Gasteiger partial charge < -0.3 is 14.8 Å². The van der Waals surface area contributed by atoms with Gasteiger partial charge in [-0.15, -0.1) is 0 Å². The number of carbonyl (C=O) groups is 1. The molecule has 1 N–H and O–H groups in total. The lowest BCUT2D eigenvalue weighted by Gasteiger charge is -2.35. The lowest BCUT2D eigenvalue weighted by Crippen LogP contribution is -2.49. The maximum atomic E-state index is 14.1. The number of carbonyl (C=O) groups excluding carboxylic acids is 1. The van der Waals surface area contributed by atoms with Gasteiger partial charge in [0.15, 0.2) is 0 Å². The molecule has 11 heteroatoms. The van der Waals surface area contributed by atoms with E-state index < -0.39 is 40.8 Å². The van der Waals surface area contributed by atoms with E-state index in [4.69, 9.17) is 0 Å². The number of fused-ring (bicyclic) bond motifs is 1. The molecule has 2 heterocycles. The van der Waals surface area contributed by atoms with Gasteiger partial charge in [-0.25, -0.2) is 4.39 Å². The zero-order valence-electron chi connectivity index (χ0n) is 16.2. The number of piperazine rings is 1. The van der Waals surface area contributed by atoms with Gasteiger partial charge in [-0.2, -0.15) is 26.3 Å². The highest BCUT2D eigenvalue weighted by molar-refractivity contribution is 5.95. The molecule has 1 radical (unpaired) electrons. The lowest BCUT2D eigenvalue weighted by molar-refractivity contribution is -0.138. The first-order valence-electron chi connectivity index (χ1n) is 9.47. The van der Waals surface area contributed by atoms with Crippen molar-refractivity contribution in [3.05, 3.63) is 65.1 Å². The second-order valence-corrected chi connectivity index (χ2v) is 7.33. The van der Waals surface area contributed by atoms with Crippen LogP contribution < -0.4 is 4.90 Å². The van der Waals surface area contributed by atoms with Gasteiger partial charge in [0.25, 0.3) is 5.91 Å². The van der Waals surface area contributed by atoms with E-state index in [0.717, 1.165) is 18.2 Å². The molecule has 0 spiro atoms. The van der Waals surface area contributed by atoms with Crippen LogP contribution in [0.15, 0.2) is 36.4 Å². The molecule has 0 unspecified atom stereocenters. The fourth-order valence-electron chi connectivity index (χ4n) is 3.64. The number of H-pyrrole nitrogens is 1. The van der Waals surface area contributed by atoms with Gasteiger partial charge in [-0.3, -0.25) is 4.79 Å². The first-order valence-corrected chi connectivity index (χ1v) is 9.47. The van der Waals surface area contributed by atoms with Crippen LogP contribution in [0.25, 0.3) is 10.9 Å². The minimum absolute atomic E-state index is 0.110. The van der Waals surface area contributed by atoms with E-state index in [2.05, 4.69) is 11.2 Å². The first-order chi connectivity index (χ1) is 14.9. The number of hydrogen-bond acceptors (Lipinski definition) is 2. The summed E-state index contributed by atoms with van der Waals surface area (Å²) in [6, 6.07) is 5.02. The summed E-state index contributed by atoms with van der Waals surface area (Å²) in [5.41, 5.74) is -1.58. The molecule has 2 aromatic carbocycles.